The maximum absolute atomic E-state index is 11.1. The van der Waals surface area contributed by atoms with Crippen LogP contribution in [-0.4, -0.2) is 47.7 Å². The van der Waals surface area contributed by atoms with Gasteiger partial charge in [-0.05, 0) is 13.3 Å². The van der Waals surface area contributed by atoms with Crippen molar-refractivity contribution in [3.8, 4) is 0 Å². The Morgan fingerprint density at radius 2 is 2.47 bits per heavy atom. The molecule has 0 aliphatic carbocycles. The van der Waals surface area contributed by atoms with Crippen LogP contribution >= 0.6 is 0 Å². The molecule has 0 aromatic carbocycles. The Kier molecular flexibility index (Phi) is 4.10. The van der Waals surface area contributed by atoms with Crippen LogP contribution in [0, 0.1) is 10.1 Å². The number of nitrogens with one attached hydrogen (secondary N) is 1. The zero-order chi connectivity index (χ0) is 13.8. The van der Waals surface area contributed by atoms with Crippen LogP contribution in [0.25, 0.3) is 0 Å². The molecule has 0 spiro atoms. The molecule has 1 unspecified atom stereocenters. The first-order valence-corrected chi connectivity index (χ1v) is 6.19. The molecule has 1 aromatic heterocycles. The third-order valence-electron chi connectivity index (χ3n) is 3.07. The minimum Gasteiger partial charge on any atom is -0.379 e. The minimum atomic E-state index is -0.461. The van der Waals surface area contributed by atoms with Crippen molar-refractivity contribution in [2.24, 2.45) is 0 Å². The second-order valence-electron chi connectivity index (χ2n) is 4.32. The third-order valence-corrected chi connectivity index (χ3v) is 3.07. The van der Waals surface area contributed by atoms with Crippen molar-refractivity contribution in [2.45, 2.75) is 19.4 Å². The Hall–Kier alpha value is -1.96. The number of nitrogens with zero attached hydrogens (tertiary/aromatic N) is 4. The lowest BCUT2D eigenvalue weighted by Crippen LogP contribution is -2.33. The number of hydrogen-bond acceptors (Lipinski definition) is 7. The molecule has 104 valence electrons. The highest BCUT2D eigenvalue weighted by Gasteiger charge is 2.28. The van der Waals surface area contributed by atoms with Gasteiger partial charge >= 0.3 is 5.69 Å². The predicted molar refractivity (Wildman–Crippen MR) is 70.5 cm³/mol. The molecule has 1 aromatic rings. The summed E-state index contributed by atoms with van der Waals surface area (Å²) in [4.78, 5) is 20.6. The van der Waals surface area contributed by atoms with Crippen molar-refractivity contribution in [3.63, 3.8) is 0 Å². The van der Waals surface area contributed by atoms with Gasteiger partial charge in [0.25, 0.3) is 0 Å². The van der Waals surface area contributed by atoms with Gasteiger partial charge in [0.15, 0.2) is 0 Å². The van der Waals surface area contributed by atoms with E-state index in [2.05, 4.69) is 15.3 Å². The molecule has 1 atom stereocenters. The molecule has 2 rings (SSSR count). The number of ether oxygens (including phenoxy) is 1. The van der Waals surface area contributed by atoms with Gasteiger partial charge in [0.2, 0.25) is 11.8 Å². The number of anilines is 2. The molecular weight excluding hydrogens is 250 g/mol. The molecule has 0 saturated carbocycles. The molecule has 2 heterocycles. The number of likely N-dealkylation sites (N-methyl/N-ethyl adjacent to an activating group) is 1. The van der Waals surface area contributed by atoms with Gasteiger partial charge in [-0.3, -0.25) is 10.1 Å². The highest BCUT2D eigenvalue weighted by atomic mass is 16.6. The maximum atomic E-state index is 11.1. The zero-order valence-corrected chi connectivity index (χ0v) is 11.0. The van der Waals surface area contributed by atoms with Crippen LogP contribution in [0.4, 0.5) is 17.5 Å². The summed E-state index contributed by atoms with van der Waals surface area (Å²) in [6, 6.07) is 0.114. The van der Waals surface area contributed by atoms with Crippen molar-refractivity contribution in [1.29, 1.82) is 0 Å². The first kappa shape index (κ1) is 13.5. The first-order chi connectivity index (χ1) is 9.13. The highest BCUT2D eigenvalue weighted by Crippen LogP contribution is 2.28. The lowest BCUT2D eigenvalue weighted by Gasteiger charge is -2.23. The zero-order valence-electron chi connectivity index (χ0n) is 11.0. The monoisotopic (exact) mass is 267 g/mol. The highest BCUT2D eigenvalue weighted by molar-refractivity contribution is 5.59. The Morgan fingerprint density at radius 1 is 1.68 bits per heavy atom. The van der Waals surface area contributed by atoms with Gasteiger partial charge in [-0.25, -0.2) is 4.98 Å². The van der Waals surface area contributed by atoms with Crippen LogP contribution in [0.2, 0.25) is 0 Å². The molecule has 19 heavy (non-hydrogen) atoms. The average molecular weight is 267 g/mol. The second kappa shape index (κ2) is 5.79. The normalized spacial score (nSPS) is 18.3. The van der Waals surface area contributed by atoms with Crippen LogP contribution in [0.1, 0.15) is 13.3 Å². The molecule has 8 nitrogen and oxygen atoms in total. The van der Waals surface area contributed by atoms with Gasteiger partial charge in [-0.1, -0.05) is 0 Å². The van der Waals surface area contributed by atoms with E-state index in [4.69, 9.17) is 4.74 Å². The SMILES string of the molecule is CCNc1ncc([N+](=O)[O-])c(N(C)C2CCOC2)n1. The fourth-order valence-electron chi connectivity index (χ4n) is 2.00. The third kappa shape index (κ3) is 2.90. The number of nitro groups is 1. The largest absolute Gasteiger partial charge is 0.379 e. The van der Waals surface area contributed by atoms with E-state index in [0.717, 1.165) is 6.42 Å². The van der Waals surface area contributed by atoms with Crippen LogP contribution < -0.4 is 10.2 Å². The average Bonchev–Trinajstić information content (AvgIpc) is 2.91. The summed E-state index contributed by atoms with van der Waals surface area (Å²) in [7, 11) is 1.80. The quantitative estimate of drug-likeness (QED) is 0.629. The molecule has 0 radical (unpaired) electrons. The van der Waals surface area contributed by atoms with Crippen LogP contribution in [0.5, 0.6) is 0 Å². The molecule has 1 saturated heterocycles. The summed E-state index contributed by atoms with van der Waals surface area (Å²) in [6.45, 7) is 3.81. The maximum Gasteiger partial charge on any atom is 0.329 e. The lowest BCUT2D eigenvalue weighted by atomic mass is 10.2. The Bertz CT molecular complexity index is 462. The summed E-state index contributed by atoms with van der Waals surface area (Å²) in [5.74, 6) is 0.723. The van der Waals surface area contributed by atoms with Crippen LogP contribution in [-0.2, 0) is 4.74 Å². The number of aromatic nitrogens is 2. The van der Waals surface area contributed by atoms with Crippen LogP contribution in [0.3, 0.4) is 0 Å². The molecule has 8 heteroatoms. The summed E-state index contributed by atoms with van der Waals surface area (Å²) in [6.07, 6.45) is 2.08. The van der Waals surface area contributed by atoms with E-state index in [1.165, 1.54) is 6.20 Å². The van der Waals surface area contributed by atoms with Gasteiger partial charge in [0, 0.05) is 20.2 Å². The summed E-state index contributed by atoms with van der Waals surface area (Å²) >= 11 is 0. The number of hydrogen-bond donors (Lipinski definition) is 1. The molecule has 1 N–H and O–H groups in total. The predicted octanol–water partition coefficient (Wildman–Crippen LogP) is 1.04. The molecular formula is C11H17N5O3. The van der Waals surface area contributed by atoms with Gasteiger partial charge in [0.05, 0.1) is 17.6 Å². The second-order valence-corrected chi connectivity index (χ2v) is 4.32. The fraction of sp³-hybridized carbons (Fsp3) is 0.636. The Balaban J connectivity index is 2.33. The van der Waals surface area contributed by atoms with E-state index < -0.39 is 4.92 Å². The van der Waals surface area contributed by atoms with Crippen molar-refractivity contribution in [3.05, 3.63) is 16.3 Å². The minimum absolute atomic E-state index is 0.0870. The van der Waals surface area contributed by atoms with E-state index in [1.54, 1.807) is 11.9 Å². The van der Waals surface area contributed by atoms with Gasteiger partial charge in [-0.15, -0.1) is 0 Å². The van der Waals surface area contributed by atoms with Crippen molar-refractivity contribution < 1.29 is 9.66 Å². The fourth-order valence-corrected chi connectivity index (χ4v) is 2.00. The van der Waals surface area contributed by atoms with Crippen molar-refractivity contribution in [1.82, 2.24) is 9.97 Å². The lowest BCUT2D eigenvalue weighted by molar-refractivity contribution is -0.384. The Morgan fingerprint density at radius 3 is 3.05 bits per heavy atom. The van der Waals surface area contributed by atoms with Crippen LogP contribution in [0.15, 0.2) is 6.20 Å². The summed E-state index contributed by atoms with van der Waals surface area (Å²) < 4.78 is 5.31. The van der Waals surface area contributed by atoms with Crippen molar-refractivity contribution in [2.75, 3.05) is 37.0 Å². The summed E-state index contributed by atoms with van der Waals surface area (Å²) in [5.41, 5.74) is -0.0870. The smallest absolute Gasteiger partial charge is 0.329 e. The van der Waals surface area contributed by atoms with E-state index >= 15 is 0 Å². The van der Waals surface area contributed by atoms with Gasteiger partial charge in [0.1, 0.15) is 6.20 Å². The molecule has 0 bridgehead atoms. The topological polar surface area (TPSA) is 93.4 Å². The molecule has 1 aliphatic rings. The van der Waals surface area contributed by atoms with E-state index in [1.807, 2.05) is 6.92 Å². The standard InChI is InChI=1S/C11H17N5O3/c1-3-12-11-13-6-9(16(17)18)10(14-11)15(2)8-4-5-19-7-8/h6,8H,3-5,7H2,1-2H3,(H,12,13,14). The molecule has 1 aliphatic heterocycles. The van der Waals surface area contributed by atoms with E-state index in [0.29, 0.717) is 31.5 Å². The van der Waals surface area contributed by atoms with E-state index in [9.17, 15) is 10.1 Å². The van der Waals surface area contributed by atoms with Gasteiger partial charge in [-0.2, -0.15) is 4.98 Å². The molecule has 1 fully saturated rings. The van der Waals surface area contributed by atoms with E-state index in [-0.39, 0.29) is 11.7 Å². The van der Waals surface area contributed by atoms with Gasteiger partial charge < -0.3 is 15.0 Å². The molecule has 0 amide bonds. The Labute approximate surface area is 110 Å². The summed E-state index contributed by atoms with van der Waals surface area (Å²) in [5, 5.41) is 14.0. The number of rotatable bonds is 5. The van der Waals surface area contributed by atoms with Crippen molar-refractivity contribution >= 4 is 17.5 Å². The first-order valence-electron chi connectivity index (χ1n) is 6.19.